The fraction of sp³-hybridized carbons (Fsp3) is 0.421. The largest absolute Gasteiger partial charge is 0.344 e. The monoisotopic (exact) mass is 311 g/mol. The molecule has 4 heteroatoms. The lowest BCUT2D eigenvalue weighted by atomic mass is 10.1. The molecule has 23 heavy (non-hydrogen) atoms. The maximum atomic E-state index is 12.9. The summed E-state index contributed by atoms with van der Waals surface area (Å²) in [4.78, 5) is 14.9. The number of piperazine rings is 1. The van der Waals surface area contributed by atoms with E-state index in [9.17, 15) is 4.79 Å². The van der Waals surface area contributed by atoms with Gasteiger partial charge in [0.2, 0.25) is 0 Å². The van der Waals surface area contributed by atoms with Crippen LogP contribution in [0.1, 0.15) is 34.2 Å². The average molecular weight is 311 g/mol. The first kappa shape index (κ1) is 15.8. The summed E-state index contributed by atoms with van der Waals surface area (Å²) in [6.07, 6.45) is 0. The Kier molecular flexibility index (Phi) is 4.53. The van der Waals surface area contributed by atoms with Gasteiger partial charge in [0.1, 0.15) is 0 Å². The smallest absolute Gasteiger partial charge is 0.256 e. The SMILES string of the molecule is Cc1cc(C(=O)N2CCNC[C@H]2C)c(C)n1Cc1ccccc1. The number of nitrogens with one attached hydrogen (secondary N) is 1. The molecular formula is C19H25N3O. The van der Waals surface area contributed by atoms with E-state index in [1.54, 1.807) is 0 Å². The number of hydrogen-bond donors (Lipinski definition) is 1. The Morgan fingerprint density at radius 1 is 1.26 bits per heavy atom. The van der Waals surface area contributed by atoms with E-state index >= 15 is 0 Å². The van der Waals surface area contributed by atoms with Gasteiger partial charge in [-0.15, -0.1) is 0 Å². The first-order chi connectivity index (χ1) is 11.1. The molecule has 3 rings (SSSR count). The second-order valence-corrected chi connectivity index (χ2v) is 6.41. The van der Waals surface area contributed by atoms with Crippen LogP contribution in [0.2, 0.25) is 0 Å². The second kappa shape index (κ2) is 6.59. The van der Waals surface area contributed by atoms with Crippen molar-refractivity contribution in [2.45, 2.75) is 33.4 Å². The van der Waals surface area contributed by atoms with E-state index in [0.29, 0.717) is 0 Å². The summed E-state index contributed by atoms with van der Waals surface area (Å²) < 4.78 is 2.23. The number of carbonyl (C=O) groups is 1. The Balaban J connectivity index is 1.86. The van der Waals surface area contributed by atoms with Crippen LogP contribution in [0.4, 0.5) is 0 Å². The minimum Gasteiger partial charge on any atom is -0.344 e. The fourth-order valence-corrected chi connectivity index (χ4v) is 3.32. The van der Waals surface area contributed by atoms with Gasteiger partial charge in [-0.3, -0.25) is 4.79 Å². The molecule has 2 aromatic rings. The highest BCUT2D eigenvalue weighted by Crippen LogP contribution is 2.20. The first-order valence-electron chi connectivity index (χ1n) is 8.30. The molecule has 1 aliphatic heterocycles. The Morgan fingerprint density at radius 3 is 2.70 bits per heavy atom. The van der Waals surface area contributed by atoms with Gasteiger partial charge in [0.05, 0.1) is 5.56 Å². The lowest BCUT2D eigenvalue weighted by molar-refractivity contribution is 0.0655. The molecule has 0 aliphatic carbocycles. The Hall–Kier alpha value is -2.07. The molecule has 0 unspecified atom stereocenters. The van der Waals surface area contributed by atoms with Gasteiger partial charge in [-0.25, -0.2) is 0 Å². The van der Waals surface area contributed by atoms with E-state index in [2.05, 4.69) is 54.9 Å². The van der Waals surface area contributed by atoms with Crippen LogP contribution in [0.3, 0.4) is 0 Å². The van der Waals surface area contributed by atoms with Crippen LogP contribution in [-0.4, -0.2) is 41.1 Å². The molecular weight excluding hydrogens is 286 g/mol. The third-order valence-electron chi connectivity index (χ3n) is 4.75. The summed E-state index contributed by atoms with van der Waals surface area (Å²) in [7, 11) is 0. The molecule has 1 amide bonds. The molecule has 0 spiro atoms. The van der Waals surface area contributed by atoms with Crippen LogP contribution in [0.15, 0.2) is 36.4 Å². The maximum absolute atomic E-state index is 12.9. The first-order valence-corrected chi connectivity index (χ1v) is 8.30. The number of carbonyl (C=O) groups excluding carboxylic acids is 1. The highest BCUT2D eigenvalue weighted by atomic mass is 16.2. The predicted molar refractivity (Wildman–Crippen MR) is 92.8 cm³/mol. The zero-order valence-electron chi connectivity index (χ0n) is 14.2. The fourth-order valence-electron chi connectivity index (χ4n) is 3.32. The topological polar surface area (TPSA) is 37.3 Å². The average Bonchev–Trinajstić information content (AvgIpc) is 2.84. The van der Waals surface area contributed by atoms with E-state index in [0.717, 1.165) is 43.1 Å². The standard InChI is InChI=1S/C19H25N3O/c1-14-11-18(19(23)21-10-9-20-12-15(21)2)16(3)22(14)13-17-7-5-4-6-8-17/h4-8,11,15,20H,9-10,12-13H2,1-3H3/t15-/m1/s1. The van der Waals surface area contributed by atoms with Crippen molar-refractivity contribution in [2.75, 3.05) is 19.6 Å². The van der Waals surface area contributed by atoms with Crippen LogP contribution in [0.5, 0.6) is 0 Å². The van der Waals surface area contributed by atoms with Crippen molar-refractivity contribution in [3.8, 4) is 0 Å². The molecule has 1 N–H and O–H groups in total. The quantitative estimate of drug-likeness (QED) is 0.946. The van der Waals surface area contributed by atoms with Gasteiger partial charge in [0.25, 0.3) is 5.91 Å². The lowest BCUT2D eigenvalue weighted by Crippen LogP contribution is -2.52. The van der Waals surface area contributed by atoms with Crippen LogP contribution in [-0.2, 0) is 6.54 Å². The number of aryl methyl sites for hydroxylation is 1. The van der Waals surface area contributed by atoms with E-state index in [-0.39, 0.29) is 11.9 Å². The van der Waals surface area contributed by atoms with Crippen molar-refractivity contribution in [3.63, 3.8) is 0 Å². The van der Waals surface area contributed by atoms with Crippen molar-refractivity contribution in [2.24, 2.45) is 0 Å². The highest BCUT2D eigenvalue weighted by molar-refractivity contribution is 5.96. The molecule has 2 heterocycles. The molecule has 1 fully saturated rings. The predicted octanol–water partition coefficient (Wildman–Crippen LogP) is 2.59. The number of rotatable bonds is 3. The van der Waals surface area contributed by atoms with Crippen molar-refractivity contribution in [1.82, 2.24) is 14.8 Å². The minimum absolute atomic E-state index is 0.159. The van der Waals surface area contributed by atoms with Crippen LogP contribution in [0, 0.1) is 13.8 Å². The van der Waals surface area contributed by atoms with Gasteiger partial charge < -0.3 is 14.8 Å². The van der Waals surface area contributed by atoms with E-state index < -0.39 is 0 Å². The van der Waals surface area contributed by atoms with Gasteiger partial charge >= 0.3 is 0 Å². The number of benzene rings is 1. The number of aromatic nitrogens is 1. The van der Waals surface area contributed by atoms with Crippen molar-refractivity contribution >= 4 is 5.91 Å². The molecule has 0 bridgehead atoms. The number of amides is 1. The summed E-state index contributed by atoms with van der Waals surface area (Å²) in [6, 6.07) is 12.7. The normalized spacial score (nSPS) is 18.2. The molecule has 1 aliphatic rings. The van der Waals surface area contributed by atoms with Gasteiger partial charge in [-0.1, -0.05) is 30.3 Å². The molecule has 0 saturated carbocycles. The van der Waals surface area contributed by atoms with Gasteiger partial charge in [0, 0.05) is 43.6 Å². The summed E-state index contributed by atoms with van der Waals surface area (Å²) in [5.74, 6) is 0.159. The van der Waals surface area contributed by atoms with E-state index in [1.807, 2.05) is 17.0 Å². The number of hydrogen-bond acceptors (Lipinski definition) is 2. The van der Waals surface area contributed by atoms with Crippen molar-refractivity contribution in [3.05, 3.63) is 58.9 Å². The lowest BCUT2D eigenvalue weighted by Gasteiger charge is -2.34. The zero-order valence-corrected chi connectivity index (χ0v) is 14.2. The Labute approximate surface area is 138 Å². The van der Waals surface area contributed by atoms with Gasteiger partial charge in [-0.2, -0.15) is 0 Å². The number of nitrogens with zero attached hydrogens (tertiary/aromatic N) is 2. The van der Waals surface area contributed by atoms with E-state index in [1.165, 1.54) is 5.56 Å². The van der Waals surface area contributed by atoms with Crippen molar-refractivity contribution in [1.29, 1.82) is 0 Å². The molecule has 1 aromatic heterocycles. The molecule has 0 radical (unpaired) electrons. The third kappa shape index (κ3) is 3.17. The van der Waals surface area contributed by atoms with Crippen LogP contribution in [0.25, 0.3) is 0 Å². The van der Waals surface area contributed by atoms with Crippen molar-refractivity contribution < 1.29 is 4.79 Å². The van der Waals surface area contributed by atoms with Gasteiger partial charge in [0.15, 0.2) is 0 Å². The van der Waals surface area contributed by atoms with Crippen LogP contribution < -0.4 is 5.32 Å². The van der Waals surface area contributed by atoms with E-state index in [4.69, 9.17) is 0 Å². The summed E-state index contributed by atoms with van der Waals surface area (Å²) >= 11 is 0. The highest BCUT2D eigenvalue weighted by Gasteiger charge is 2.26. The summed E-state index contributed by atoms with van der Waals surface area (Å²) in [5.41, 5.74) is 4.29. The molecule has 1 atom stereocenters. The molecule has 122 valence electrons. The molecule has 1 aromatic carbocycles. The van der Waals surface area contributed by atoms with Crippen LogP contribution >= 0.6 is 0 Å². The Morgan fingerprint density at radius 2 is 2.00 bits per heavy atom. The Bertz CT molecular complexity index is 690. The summed E-state index contributed by atoms with van der Waals surface area (Å²) in [6.45, 7) is 9.57. The molecule has 4 nitrogen and oxygen atoms in total. The molecule has 1 saturated heterocycles. The minimum atomic E-state index is 0.159. The third-order valence-corrected chi connectivity index (χ3v) is 4.75. The summed E-state index contributed by atoms with van der Waals surface area (Å²) in [5, 5.41) is 3.34. The zero-order chi connectivity index (χ0) is 16.4. The second-order valence-electron chi connectivity index (χ2n) is 6.41. The van der Waals surface area contributed by atoms with Gasteiger partial charge in [-0.05, 0) is 32.4 Å². The maximum Gasteiger partial charge on any atom is 0.256 e.